The quantitative estimate of drug-likeness (QED) is 0.680. The molecule has 1 aromatic rings. The molecule has 2 unspecified atom stereocenters. The van der Waals surface area contributed by atoms with Crippen LogP contribution in [-0.4, -0.2) is 23.1 Å². The minimum absolute atomic E-state index is 0.459. The Bertz CT molecular complexity index is 288. The Morgan fingerprint density at radius 3 is 1.21 bits per heavy atom. The Morgan fingerprint density at radius 2 is 1.07 bits per heavy atom. The van der Waals surface area contributed by atoms with E-state index in [2.05, 4.69) is 0 Å². The van der Waals surface area contributed by atoms with Crippen molar-refractivity contribution in [3.63, 3.8) is 0 Å². The molecule has 2 N–H and O–H groups in total. The lowest BCUT2D eigenvalue weighted by Gasteiger charge is -1.69. The molecule has 0 aromatic heterocycles. The fourth-order valence-electron chi connectivity index (χ4n) is 0.304. The first-order valence-corrected chi connectivity index (χ1v) is 6.80. The third kappa shape index (κ3) is 42.5. The second-order valence-corrected chi connectivity index (χ2v) is 3.79. The van der Waals surface area contributed by atoms with Crippen molar-refractivity contribution in [2.75, 3.05) is 13.3 Å². The SMILES string of the molecule is C[P+](=O)O.C[P+](=O)O.[2H]c1ccc([2H])cc1. The van der Waals surface area contributed by atoms with Gasteiger partial charge in [0.1, 0.15) is 0 Å². The number of hydrogen-bond donors (Lipinski definition) is 2. The van der Waals surface area contributed by atoms with E-state index in [1.807, 2.05) is 0 Å². The second kappa shape index (κ2) is 12.3. The van der Waals surface area contributed by atoms with Crippen molar-refractivity contribution in [1.29, 1.82) is 0 Å². The van der Waals surface area contributed by atoms with Gasteiger partial charge in [-0.05, 0) is 9.13 Å². The Morgan fingerprint density at radius 1 is 0.929 bits per heavy atom. The lowest BCUT2D eigenvalue weighted by Crippen LogP contribution is -1.47. The summed E-state index contributed by atoms with van der Waals surface area (Å²) in [5.74, 6) is 0. The van der Waals surface area contributed by atoms with E-state index < -0.39 is 16.1 Å². The van der Waals surface area contributed by atoms with Crippen LogP contribution in [0, 0.1) is 0 Å². The normalized spacial score (nSPS) is 11.7. The molecule has 0 fully saturated rings. The molecule has 0 radical (unpaired) electrons. The summed E-state index contributed by atoms with van der Waals surface area (Å²) in [4.78, 5) is 15.1. The molecule has 0 aliphatic rings. The molecule has 0 bridgehead atoms. The van der Waals surface area contributed by atoms with Crippen LogP contribution in [0.2, 0.25) is 0 Å². The molecular weight excluding hydrogens is 222 g/mol. The van der Waals surface area contributed by atoms with Gasteiger partial charge in [-0.15, -0.1) is 0 Å². The Kier molecular flexibility index (Phi) is 10.1. The van der Waals surface area contributed by atoms with Crippen molar-refractivity contribution in [1.82, 2.24) is 0 Å². The summed E-state index contributed by atoms with van der Waals surface area (Å²) in [6.45, 7) is 2.46. The third-order valence-electron chi connectivity index (χ3n) is 0.552. The van der Waals surface area contributed by atoms with E-state index >= 15 is 0 Å². The minimum Gasteiger partial charge on any atom is -0.161 e. The molecule has 1 rings (SSSR count). The van der Waals surface area contributed by atoms with E-state index in [1.165, 1.54) is 13.3 Å². The van der Waals surface area contributed by atoms with Crippen LogP contribution in [0.1, 0.15) is 2.74 Å². The molecule has 0 amide bonds. The van der Waals surface area contributed by atoms with E-state index in [0.29, 0.717) is 12.1 Å². The topological polar surface area (TPSA) is 74.6 Å². The third-order valence-corrected chi connectivity index (χ3v) is 0.552. The monoisotopic (exact) mass is 238 g/mol. The molecule has 2 atom stereocenters. The molecular formula is C8H14O4P2+2. The molecule has 0 aliphatic heterocycles. The minimum atomic E-state index is -1.87. The van der Waals surface area contributed by atoms with Crippen molar-refractivity contribution >= 4 is 16.1 Å². The van der Waals surface area contributed by atoms with Gasteiger partial charge in [-0.1, -0.05) is 36.4 Å². The Labute approximate surface area is 88.2 Å². The molecule has 78 valence electrons. The molecule has 6 heteroatoms. The maximum atomic E-state index is 9.15. The van der Waals surface area contributed by atoms with Gasteiger partial charge in [0.15, 0.2) is 13.3 Å². The van der Waals surface area contributed by atoms with Crippen LogP contribution in [0.3, 0.4) is 0 Å². The van der Waals surface area contributed by atoms with E-state index in [1.54, 1.807) is 24.3 Å². The number of hydrogen-bond acceptors (Lipinski definition) is 2. The summed E-state index contributed by atoms with van der Waals surface area (Å²) in [6.07, 6.45) is 0. The van der Waals surface area contributed by atoms with Gasteiger partial charge in [0.05, 0.1) is 2.74 Å². The highest BCUT2D eigenvalue weighted by atomic mass is 31.1. The summed E-state index contributed by atoms with van der Waals surface area (Å²) < 4.78 is 32.3. The summed E-state index contributed by atoms with van der Waals surface area (Å²) >= 11 is 0. The largest absolute Gasteiger partial charge is 0.502 e. The lowest BCUT2D eigenvalue weighted by atomic mass is 10.4. The van der Waals surface area contributed by atoms with Gasteiger partial charge < -0.3 is 0 Å². The van der Waals surface area contributed by atoms with E-state index in [0.717, 1.165) is 0 Å². The van der Waals surface area contributed by atoms with Crippen LogP contribution < -0.4 is 0 Å². The zero-order valence-electron chi connectivity index (χ0n) is 9.91. The van der Waals surface area contributed by atoms with Crippen molar-refractivity contribution in [3.05, 3.63) is 36.4 Å². The van der Waals surface area contributed by atoms with E-state index in [4.69, 9.17) is 21.7 Å². The van der Waals surface area contributed by atoms with Gasteiger partial charge in [-0.3, -0.25) is 0 Å². The molecule has 0 spiro atoms. The van der Waals surface area contributed by atoms with Gasteiger partial charge in [0.2, 0.25) is 0 Å². The zero-order chi connectivity index (χ0) is 13.1. The smallest absolute Gasteiger partial charge is 0.161 e. The highest BCUT2D eigenvalue weighted by Gasteiger charge is 1.86. The Hall–Kier alpha value is -0.660. The molecule has 1 aromatic carbocycles. The van der Waals surface area contributed by atoms with E-state index in [-0.39, 0.29) is 0 Å². The Balaban J connectivity index is 0. The van der Waals surface area contributed by atoms with E-state index in [9.17, 15) is 0 Å². The second-order valence-electron chi connectivity index (χ2n) is 1.93. The number of rotatable bonds is 0. The van der Waals surface area contributed by atoms with Crippen LogP contribution in [0.4, 0.5) is 0 Å². The standard InChI is InChI=1S/C6H6.2CH3O2P/c1-2-4-6-5-3-1;2*1-4(2)3/h1-6H;2*1H3/p+2/i1D,6D;;. The first-order valence-electron chi connectivity index (χ1n) is 4.48. The van der Waals surface area contributed by atoms with Crippen LogP contribution in [-0.2, 0) is 9.13 Å². The molecule has 14 heavy (non-hydrogen) atoms. The van der Waals surface area contributed by atoms with Gasteiger partial charge >= 0.3 is 16.1 Å². The van der Waals surface area contributed by atoms with Crippen molar-refractivity contribution in [2.45, 2.75) is 0 Å². The highest BCUT2D eigenvalue weighted by molar-refractivity contribution is 7.37. The molecule has 0 heterocycles. The van der Waals surface area contributed by atoms with Crippen molar-refractivity contribution < 1.29 is 21.7 Å². The summed E-state index contributed by atoms with van der Waals surface area (Å²) in [5.41, 5.74) is 0. The summed E-state index contributed by atoms with van der Waals surface area (Å²) in [7, 11) is -3.74. The number of benzene rings is 1. The van der Waals surface area contributed by atoms with Crippen LogP contribution in [0.15, 0.2) is 36.4 Å². The van der Waals surface area contributed by atoms with Crippen molar-refractivity contribution in [3.8, 4) is 0 Å². The summed E-state index contributed by atoms with van der Waals surface area (Å²) in [5, 5.41) is 0. The molecule has 0 saturated carbocycles. The molecule has 0 saturated heterocycles. The van der Waals surface area contributed by atoms with Gasteiger partial charge in [-0.25, -0.2) is 0 Å². The highest BCUT2D eigenvalue weighted by Crippen LogP contribution is 2.00. The average molecular weight is 238 g/mol. The molecule has 0 aliphatic carbocycles. The van der Waals surface area contributed by atoms with Gasteiger partial charge in [-0.2, -0.15) is 9.79 Å². The van der Waals surface area contributed by atoms with Gasteiger partial charge in [0, 0.05) is 0 Å². The predicted molar refractivity (Wildman–Crippen MR) is 57.9 cm³/mol. The van der Waals surface area contributed by atoms with Crippen molar-refractivity contribution in [2.24, 2.45) is 0 Å². The van der Waals surface area contributed by atoms with Crippen LogP contribution in [0.5, 0.6) is 0 Å². The zero-order valence-corrected chi connectivity index (χ0v) is 9.70. The average Bonchev–Trinajstić information content (AvgIpc) is 2.08. The fourth-order valence-corrected chi connectivity index (χ4v) is 0.304. The van der Waals surface area contributed by atoms with Crippen LogP contribution in [0.25, 0.3) is 0 Å². The predicted octanol–water partition coefficient (Wildman–Crippen LogP) is 2.39. The first-order chi connectivity index (χ1) is 7.25. The maximum Gasteiger partial charge on any atom is 0.502 e. The van der Waals surface area contributed by atoms with Gasteiger partial charge in [0.25, 0.3) is 0 Å². The summed E-state index contributed by atoms with van der Waals surface area (Å²) in [6, 6.07) is 7.32. The first kappa shape index (κ1) is 11.4. The maximum absolute atomic E-state index is 9.15. The lowest BCUT2D eigenvalue weighted by molar-refractivity contribution is 0.508. The van der Waals surface area contributed by atoms with Crippen LogP contribution >= 0.6 is 16.1 Å². The fraction of sp³-hybridized carbons (Fsp3) is 0.250. The molecule has 4 nitrogen and oxygen atoms in total.